The first-order valence-electron chi connectivity index (χ1n) is 7.95. The van der Waals surface area contributed by atoms with Gasteiger partial charge in [0.2, 0.25) is 5.91 Å². The molecule has 0 spiro atoms. The van der Waals surface area contributed by atoms with Crippen LogP contribution < -0.4 is 0 Å². The number of hydrogen-bond acceptors (Lipinski definition) is 2. The molecule has 1 heterocycles. The fourth-order valence-corrected chi connectivity index (χ4v) is 3.05. The molecule has 0 radical (unpaired) electrons. The monoisotopic (exact) mass is 343 g/mol. The van der Waals surface area contributed by atoms with Crippen LogP contribution in [0.5, 0.6) is 0 Å². The average Bonchev–Trinajstić information content (AvgIpc) is 2.52. The van der Waals surface area contributed by atoms with E-state index in [0.717, 1.165) is 31.4 Å². The Balaban J connectivity index is 2.05. The van der Waals surface area contributed by atoms with Crippen LogP contribution in [0.2, 0.25) is 0 Å². The van der Waals surface area contributed by atoms with Crippen molar-refractivity contribution >= 4 is 11.9 Å². The third-order valence-electron chi connectivity index (χ3n) is 4.25. The molecule has 1 aliphatic heterocycles. The SMILES string of the molecule is O=C(O)CCC1CCCCN1C(=O)Cc1cccc(C(F)(F)F)c1. The van der Waals surface area contributed by atoms with Gasteiger partial charge in [0.1, 0.15) is 0 Å². The maximum atomic E-state index is 12.7. The molecule has 1 saturated heterocycles. The van der Waals surface area contributed by atoms with E-state index < -0.39 is 17.7 Å². The van der Waals surface area contributed by atoms with Gasteiger partial charge < -0.3 is 10.0 Å². The summed E-state index contributed by atoms with van der Waals surface area (Å²) in [6, 6.07) is 4.62. The maximum Gasteiger partial charge on any atom is 0.416 e. The summed E-state index contributed by atoms with van der Waals surface area (Å²) in [6.45, 7) is 0.530. The van der Waals surface area contributed by atoms with Gasteiger partial charge in [-0.25, -0.2) is 0 Å². The van der Waals surface area contributed by atoms with Gasteiger partial charge in [0.05, 0.1) is 12.0 Å². The van der Waals surface area contributed by atoms with Crippen LogP contribution in [0, 0.1) is 0 Å². The van der Waals surface area contributed by atoms with Crippen LogP contribution in [0.25, 0.3) is 0 Å². The number of carbonyl (C=O) groups is 2. The second-order valence-electron chi connectivity index (χ2n) is 6.04. The molecule has 1 aromatic carbocycles. The summed E-state index contributed by atoms with van der Waals surface area (Å²) in [7, 11) is 0. The lowest BCUT2D eigenvalue weighted by atomic mass is 9.96. The first kappa shape index (κ1) is 18.3. The molecule has 1 fully saturated rings. The normalized spacial score (nSPS) is 18.5. The fraction of sp³-hybridized carbons (Fsp3) is 0.529. The van der Waals surface area contributed by atoms with Crippen molar-refractivity contribution < 1.29 is 27.9 Å². The van der Waals surface area contributed by atoms with Gasteiger partial charge in [-0.05, 0) is 37.3 Å². The number of benzene rings is 1. The number of halogens is 3. The van der Waals surface area contributed by atoms with Crippen LogP contribution in [-0.4, -0.2) is 34.5 Å². The van der Waals surface area contributed by atoms with Crippen molar-refractivity contribution in [1.29, 1.82) is 0 Å². The molecule has 132 valence electrons. The van der Waals surface area contributed by atoms with Crippen molar-refractivity contribution in [2.75, 3.05) is 6.54 Å². The van der Waals surface area contributed by atoms with Crippen LogP contribution >= 0.6 is 0 Å². The number of rotatable bonds is 5. The van der Waals surface area contributed by atoms with E-state index >= 15 is 0 Å². The molecule has 1 atom stereocenters. The van der Waals surface area contributed by atoms with Gasteiger partial charge in [-0.1, -0.05) is 18.2 Å². The molecule has 4 nitrogen and oxygen atoms in total. The van der Waals surface area contributed by atoms with E-state index in [2.05, 4.69) is 0 Å². The molecule has 1 aliphatic rings. The molecule has 7 heteroatoms. The predicted octanol–water partition coefficient (Wildman–Crippen LogP) is 3.49. The first-order valence-corrected chi connectivity index (χ1v) is 7.95. The molecule has 24 heavy (non-hydrogen) atoms. The van der Waals surface area contributed by atoms with Crippen molar-refractivity contribution in [3.05, 3.63) is 35.4 Å². The third kappa shape index (κ3) is 4.97. The number of carboxylic acid groups (broad SMARTS) is 1. The highest BCUT2D eigenvalue weighted by Gasteiger charge is 2.31. The van der Waals surface area contributed by atoms with Crippen molar-refractivity contribution in [3.8, 4) is 0 Å². The number of hydrogen-bond donors (Lipinski definition) is 1. The Morgan fingerprint density at radius 2 is 2.00 bits per heavy atom. The number of carboxylic acids is 1. The van der Waals surface area contributed by atoms with Gasteiger partial charge in [0.15, 0.2) is 0 Å². The average molecular weight is 343 g/mol. The zero-order chi connectivity index (χ0) is 17.7. The van der Waals surface area contributed by atoms with Crippen LogP contribution in [0.4, 0.5) is 13.2 Å². The predicted molar refractivity (Wildman–Crippen MR) is 81.4 cm³/mol. The molecular formula is C17H20F3NO3. The minimum atomic E-state index is -4.44. The zero-order valence-electron chi connectivity index (χ0n) is 13.2. The van der Waals surface area contributed by atoms with E-state index in [1.807, 2.05) is 0 Å². The summed E-state index contributed by atoms with van der Waals surface area (Å²) in [5.74, 6) is -1.16. The van der Waals surface area contributed by atoms with E-state index in [1.54, 1.807) is 4.90 Å². The minimum Gasteiger partial charge on any atom is -0.481 e. The highest BCUT2D eigenvalue weighted by molar-refractivity contribution is 5.79. The lowest BCUT2D eigenvalue weighted by molar-refractivity contribution is -0.139. The Hall–Kier alpha value is -2.05. The van der Waals surface area contributed by atoms with Crippen molar-refractivity contribution in [2.45, 2.75) is 50.7 Å². The highest BCUT2D eigenvalue weighted by Crippen LogP contribution is 2.30. The van der Waals surface area contributed by atoms with Crippen LogP contribution in [0.3, 0.4) is 0 Å². The number of nitrogens with zero attached hydrogens (tertiary/aromatic N) is 1. The van der Waals surface area contributed by atoms with Gasteiger partial charge in [-0.15, -0.1) is 0 Å². The molecule has 1 N–H and O–H groups in total. The first-order chi connectivity index (χ1) is 11.3. The summed E-state index contributed by atoms with van der Waals surface area (Å²) < 4.78 is 38.2. The van der Waals surface area contributed by atoms with Crippen LogP contribution in [0.15, 0.2) is 24.3 Å². The zero-order valence-corrected chi connectivity index (χ0v) is 13.2. The second-order valence-corrected chi connectivity index (χ2v) is 6.04. The topological polar surface area (TPSA) is 57.6 Å². The molecule has 0 bridgehead atoms. The summed E-state index contributed by atoms with van der Waals surface area (Å²) in [5, 5.41) is 8.80. The number of amides is 1. The molecule has 1 aromatic rings. The van der Waals surface area contributed by atoms with Crippen LogP contribution in [-0.2, 0) is 22.2 Å². The molecule has 0 saturated carbocycles. The molecule has 0 aromatic heterocycles. The Labute approximate surface area is 138 Å². The summed E-state index contributed by atoms with van der Waals surface area (Å²) in [6.07, 6.45) is -1.68. The van der Waals surface area contributed by atoms with Crippen LogP contribution in [0.1, 0.15) is 43.2 Å². The lowest BCUT2D eigenvalue weighted by Crippen LogP contribution is -2.44. The quantitative estimate of drug-likeness (QED) is 0.890. The van der Waals surface area contributed by atoms with Crippen molar-refractivity contribution in [3.63, 3.8) is 0 Å². The Morgan fingerprint density at radius 3 is 2.67 bits per heavy atom. The number of carbonyl (C=O) groups excluding carboxylic acids is 1. The smallest absolute Gasteiger partial charge is 0.416 e. The largest absolute Gasteiger partial charge is 0.481 e. The van der Waals surface area contributed by atoms with E-state index in [4.69, 9.17) is 5.11 Å². The van der Waals surface area contributed by atoms with E-state index in [-0.39, 0.29) is 24.8 Å². The van der Waals surface area contributed by atoms with Gasteiger partial charge in [0, 0.05) is 19.0 Å². The Bertz CT molecular complexity index is 601. The van der Waals surface area contributed by atoms with Crippen molar-refractivity contribution in [2.24, 2.45) is 0 Å². The number of aliphatic carboxylic acids is 1. The second kappa shape index (κ2) is 7.68. The van der Waals surface area contributed by atoms with Gasteiger partial charge >= 0.3 is 12.1 Å². The highest BCUT2D eigenvalue weighted by atomic mass is 19.4. The molecule has 1 unspecified atom stereocenters. The van der Waals surface area contributed by atoms with E-state index in [0.29, 0.717) is 18.5 Å². The summed E-state index contributed by atoms with van der Waals surface area (Å²) in [4.78, 5) is 24.8. The summed E-state index contributed by atoms with van der Waals surface area (Å²) in [5.41, 5.74) is -0.453. The molecule has 0 aliphatic carbocycles. The van der Waals surface area contributed by atoms with Gasteiger partial charge in [-0.2, -0.15) is 13.2 Å². The third-order valence-corrected chi connectivity index (χ3v) is 4.25. The van der Waals surface area contributed by atoms with Crippen molar-refractivity contribution in [1.82, 2.24) is 4.90 Å². The summed E-state index contributed by atoms with van der Waals surface area (Å²) >= 11 is 0. The lowest BCUT2D eigenvalue weighted by Gasteiger charge is -2.36. The number of piperidine rings is 1. The molecular weight excluding hydrogens is 323 g/mol. The van der Waals surface area contributed by atoms with E-state index in [9.17, 15) is 22.8 Å². The van der Waals surface area contributed by atoms with E-state index in [1.165, 1.54) is 12.1 Å². The Morgan fingerprint density at radius 1 is 1.25 bits per heavy atom. The Kier molecular flexibility index (Phi) is 5.85. The molecule has 2 rings (SSSR count). The fourth-order valence-electron chi connectivity index (χ4n) is 3.05. The number of likely N-dealkylation sites (tertiary alicyclic amines) is 1. The minimum absolute atomic E-state index is 0.0159. The van der Waals surface area contributed by atoms with Gasteiger partial charge in [-0.3, -0.25) is 9.59 Å². The maximum absolute atomic E-state index is 12.7. The molecule has 1 amide bonds. The van der Waals surface area contributed by atoms with Gasteiger partial charge in [0.25, 0.3) is 0 Å². The number of alkyl halides is 3. The standard InChI is InChI=1S/C17H20F3NO3/c18-17(19,20)13-5-3-4-12(10-13)11-15(22)21-9-2-1-6-14(21)7-8-16(23)24/h3-5,10,14H,1-2,6-9,11H2,(H,23,24).